The third-order valence-corrected chi connectivity index (χ3v) is 4.48. The van der Waals surface area contributed by atoms with Gasteiger partial charge < -0.3 is 9.64 Å². The smallest absolute Gasteiger partial charge is 0.123 e. The van der Waals surface area contributed by atoms with Crippen molar-refractivity contribution in [1.29, 1.82) is 0 Å². The summed E-state index contributed by atoms with van der Waals surface area (Å²) in [6, 6.07) is 5.96. The first-order valence-electron chi connectivity index (χ1n) is 8.23. The second-order valence-corrected chi connectivity index (χ2v) is 7.59. The second kappa shape index (κ2) is 7.51. The van der Waals surface area contributed by atoms with E-state index in [1.165, 1.54) is 44.5 Å². The number of hydrogen-bond donors (Lipinski definition) is 1. The summed E-state index contributed by atoms with van der Waals surface area (Å²) in [6.07, 6.45) is 5.21. The standard InChI is InChI=1S/C18H28ClNO/c1-18(2,3)16-14-15(19)8-9-17(16)21-13-7-6-12-20-10-4-5-11-20/h8-9,14H,4-7,10-13H2,1-3H3/p+1. The van der Waals surface area contributed by atoms with Crippen LogP contribution in [0.4, 0.5) is 0 Å². The topological polar surface area (TPSA) is 13.7 Å². The molecule has 0 unspecified atom stereocenters. The summed E-state index contributed by atoms with van der Waals surface area (Å²) in [5, 5.41) is 0.782. The normalized spacial score (nSPS) is 16.4. The molecule has 1 saturated heterocycles. The van der Waals surface area contributed by atoms with Crippen LogP contribution in [-0.2, 0) is 5.41 Å². The molecule has 1 aliphatic rings. The Balaban J connectivity index is 1.79. The Kier molecular flexibility index (Phi) is 5.95. The van der Waals surface area contributed by atoms with E-state index in [0.29, 0.717) is 0 Å². The summed E-state index contributed by atoms with van der Waals surface area (Å²) in [6.45, 7) is 11.4. The fourth-order valence-corrected chi connectivity index (χ4v) is 3.17. The van der Waals surface area contributed by atoms with Gasteiger partial charge in [-0.2, -0.15) is 0 Å². The number of unbranched alkanes of at least 4 members (excludes halogenated alkanes) is 1. The van der Waals surface area contributed by atoms with Crippen LogP contribution in [0.25, 0.3) is 0 Å². The third kappa shape index (κ3) is 5.19. The molecule has 118 valence electrons. The van der Waals surface area contributed by atoms with Crippen LogP contribution in [0.1, 0.15) is 52.0 Å². The molecule has 0 radical (unpaired) electrons. The minimum absolute atomic E-state index is 0.0555. The lowest BCUT2D eigenvalue weighted by Gasteiger charge is -2.23. The van der Waals surface area contributed by atoms with Crippen LogP contribution in [0, 0.1) is 0 Å². The summed E-state index contributed by atoms with van der Waals surface area (Å²) >= 11 is 6.12. The summed E-state index contributed by atoms with van der Waals surface area (Å²) in [5.74, 6) is 0.986. The molecule has 0 aromatic heterocycles. The quantitative estimate of drug-likeness (QED) is 0.794. The molecule has 21 heavy (non-hydrogen) atoms. The van der Waals surface area contributed by atoms with Crippen molar-refractivity contribution in [3.8, 4) is 5.75 Å². The highest BCUT2D eigenvalue weighted by atomic mass is 35.5. The van der Waals surface area contributed by atoms with Crippen molar-refractivity contribution in [2.24, 2.45) is 0 Å². The van der Waals surface area contributed by atoms with E-state index in [2.05, 4.69) is 20.8 Å². The first kappa shape index (κ1) is 16.6. The molecule has 3 heteroatoms. The maximum atomic E-state index is 6.12. The molecular weight excluding hydrogens is 282 g/mol. The number of hydrogen-bond acceptors (Lipinski definition) is 1. The van der Waals surface area contributed by atoms with Gasteiger partial charge in [0.15, 0.2) is 0 Å². The first-order chi connectivity index (χ1) is 9.97. The van der Waals surface area contributed by atoms with E-state index in [0.717, 1.165) is 23.8 Å². The highest BCUT2D eigenvalue weighted by Crippen LogP contribution is 2.33. The maximum Gasteiger partial charge on any atom is 0.123 e. The predicted octanol–water partition coefficient (Wildman–Crippen LogP) is 3.48. The van der Waals surface area contributed by atoms with E-state index >= 15 is 0 Å². The van der Waals surface area contributed by atoms with Crippen molar-refractivity contribution in [2.45, 2.75) is 51.9 Å². The molecule has 1 aliphatic heterocycles. The van der Waals surface area contributed by atoms with E-state index in [4.69, 9.17) is 16.3 Å². The van der Waals surface area contributed by atoms with Crippen molar-refractivity contribution in [3.63, 3.8) is 0 Å². The average molecular weight is 311 g/mol. The van der Waals surface area contributed by atoms with Crippen LogP contribution in [0.2, 0.25) is 5.02 Å². The zero-order valence-electron chi connectivity index (χ0n) is 13.7. The van der Waals surface area contributed by atoms with E-state index in [-0.39, 0.29) is 5.41 Å². The number of benzene rings is 1. The lowest BCUT2D eigenvalue weighted by atomic mass is 9.86. The SMILES string of the molecule is CC(C)(C)c1cc(Cl)ccc1OCCCC[NH+]1CCCC1. The molecular formula is C18H29ClNO+. The average Bonchev–Trinajstić information content (AvgIpc) is 2.92. The van der Waals surface area contributed by atoms with Crippen LogP contribution in [-0.4, -0.2) is 26.2 Å². The van der Waals surface area contributed by atoms with Gasteiger partial charge in [-0.25, -0.2) is 0 Å². The minimum atomic E-state index is 0.0555. The Hall–Kier alpha value is -0.730. The van der Waals surface area contributed by atoms with Crippen LogP contribution >= 0.6 is 11.6 Å². The number of halogens is 1. The van der Waals surface area contributed by atoms with Gasteiger partial charge in [-0.15, -0.1) is 0 Å². The maximum absolute atomic E-state index is 6.12. The van der Waals surface area contributed by atoms with Gasteiger partial charge in [-0.3, -0.25) is 0 Å². The fourth-order valence-electron chi connectivity index (χ4n) is 3.00. The Labute approximate surface area is 134 Å². The molecule has 1 aromatic carbocycles. The van der Waals surface area contributed by atoms with E-state index in [9.17, 15) is 0 Å². The summed E-state index contributed by atoms with van der Waals surface area (Å²) in [5.41, 5.74) is 1.25. The highest BCUT2D eigenvalue weighted by Gasteiger charge is 2.19. The van der Waals surface area contributed by atoms with Crippen LogP contribution < -0.4 is 9.64 Å². The molecule has 0 amide bonds. The Morgan fingerprint density at radius 2 is 1.86 bits per heavy atom. The first-order valence-corrected chi connectivity index (χ1v) is 8.61. The summed E-state index contributed by atoms with van der Waals surface area (Å²) < 4.78 is 6.02. The predicted molar refractivity (Wildman–Crippen MR) is 89.7 cm³/mol. The van der Waals surface area contributed by atoms with Gasteiger partial charge in [0.1, 0.15) is 5.75 Å². The zero-order valence-corrected chi connectivity index (χ0v) is 14.4. The lowest BCUT2D eigenvalue weighted by Crippen LogP contribution is -3.09. The molecule has 0 spiro atoms. The van der Waals surface area contributed by atoms with Crippen molar-refractivity contribution >= 4 is 11.6 Å². The van der Waals surface area contributed by atoms with Crippen molar-refractivity contribution in [2.75, 3.05) is 26.2 Å². The fraction of sp³-hybridized carbons (Fsp3) is 0.667. The molecule has 1 heterocycles. The lowest BCUT2D eigenvalue weighted by molar-refractivity contribution is -0.887. The van der Waals surface area contributed by atoms with Crippen molar-refractivity contribution < 1.29 is 9.64 Å². The number of ether oxygens (including phenoxy) is 1. The molecule has 0 atom stereocenters. The molecule has 2 rings (SSSR count). The molecule has 0 bridgehead atoms. The summed E-state index contributed by atoms with van der Waals surface area (Å²) in [7, 11) is 0. The Bertz CT molecular complexity index is 447. The van der Waals surface area contributed by atoms with E-state index < -0.39 is 0 Å². The summed E-state index contributed by atoms with van der Waals surface area (Å²) in [4.78, 5) is 1.77. The van der Waals surface area contributed by atoms with Gasteiger partial charge in [-0.1, -0.05) is 32.4 Å². The second-order valence-electron chi connectivity index (χ2n) is 7.15. The number of quaternary nitrogens is 1. The molecule has 0 saturated carbocycles. The molecule has 1 N–H and O–H groups in total. The van der Waals surface area contributed by atoms with Crippen molar-refractivity contribution in [3.05, 3.63) is 28.8 Å². The van der Waals surface area contributed by atoms with Gasteiger partial charge in [0.2, 0.25) is 0 Å². The van der Waals surface area contributed by atoms with Crippen LogP contribution in [0.15, 0.2) is 18.2 Å². The largest absolute Gasteiger partial charge is 0.493 e. The third-order valence-electron chi connectivity index (χ3n) is 4.24. The van der Waals surface area contributed by atoms with E-state index in [1.807, 2.05) is 18.2 Å². The number of rotatable bonds is 6. The van der Waals surface area contributed by atoms with E-state index in [1.54, 1.807) is 4.90 Å². The Morgan fingerprint density at radius 1 is 1.14 bits per heavy atom. The van der Waals surface area contributed by atoms with Gasteiger partial charge >= 0.3 is 0 Å². The monoisotopic (exact) mass is 310 g/mol. The minimum Gasteiger partial charge on any atom is -0.493 e. The number of likely N-dealkylation sites (tertiary alicyclic amines) is 1. The Morgan fingerprint density at radius 3 is 2.52 bits per heavy atom. The highest BCUT2D eigenvalue weighted by molar-refractivity contribution is 6.30. The van der Waals surface area contributed by atoms with Gasteiger partial charge in [0, 0.05) is 23.4 Å². The van der Waals surface area contributed by atoms with Gasteiger partial charge in [0.25, 0.3) is 0 Å². The number of nitrogens with one attached hydrogen (secondary N) is 1. The van der Waals surface area contributed by atoms with Gasteiger partial charge in [-0.05, 0) is 36.5 Å². The molecule has 1 aromatic rings. The van der Waals surface area contributed by atoms with Crippen LogP contribution in [0.3, 0.4) is 0 Å². The molecule has 2 nitrogen and oxygen atoms in total. The molecule has 1 fully saturated rings. The zero-order chi connectivity index (χ0) is 15.3. The van der Waals surface area contributed by atoms with Crippen molar-refractivity contribution in [1.82, 2.24) is 0 Å². The van der Waals surface area contributed by atoms with Crippen LogP contribution in [0.5, 0.6) is 5.75 Å². The van der Waals surface area contributed by atoms with Gasteiger partial charge in [0.05, 0.1) is 26.2 Å². The molecule has 0 aliphatic carbocycles.